The van der Waals surface area contributed by atoms with Crippen LogP contribution in [0.1, 0.15) is 42.3 Å². The topological polar surface area (TPSA) is 58.2 Å². The molecule has 4 rings (SSSR count). The molecule has 138 valence electrons. The molecule has 1 aromatic heterocycles. The molecule has 6 heteroatoms. The second-order valence-corrected chi connectivity index (χ2v) is 9.05. The van der Waals surface area contributed by atoms with Gasteiger partial charge in [-0.1, -0.05) is 36.2 Å². The first-order chi connectivity index (χ1) is 12.5. The molecule has 4 nitrogen and oxygen atoms in total. The van der Waals surface area contributed by atoms with Crippen molar-refractivity contribution in [1.82, 2.24) is 10.6 Å². The third kappa shape index (κ3) is 3.35. The Morgan fingerprint density at radius 3 is 2.77 bits per heavy atom. The molecule has 0 saturated heterocycles. The molecule has 0 unspecified atom stereocenters. The number of carbonyl (C=O) groups is 2. The number of rotatable bonds is 5. The smallest absolute Gasteiger partial charge is 0.263 e. The average Bonchev–Trinajstić information content (AvgIpc) is 3.34. The summed E-state index contributed by atoms with van der Waals surface area (Å²) in [6.45, 7) is 2.07. The molecule has 0 radical (unpaired) electrons. The molecular weight excluding hydrogens is 368 g/mol. The number of nitrogens with one attached hydrogen (secondary N) is 2. The summed E-state index contributed by atoms with van der Waals surface area (Å²) < 4.78 is 0.969. The molecule has 2 aliphatic rings. The van der Waals surface area contributed by atoms with Gasteiger partial charge in [0.25, 0.3) is 5.91 Å². The second-order valence-electron chi connectivity index (χ2n) is 7.62. The SMILES string of the molecule is C[C@@H](NC(=O)CNC(=O)c1sc2ccccc2c1Cl)[C@@H]1C[C@H]2CC[C@H]1C2. The summed E-state index contributed by atoms with van der Waals surface area (Å²) in [4.78, 5) is 25.1. The Morgan fingerprint density at radius 2 is 2.08 bits per heavy atom. The molecule has 2 aliphatic carbocycles. The van der Waals surface area contributed by atoms with Crippen LogP contribution in [0.2, 0.25) is 5.02 Å². The summed E-state index contributed by atoms with van der Waals surface area (Å²) in [7, 11) is 0. The van der Waals surface area contributed by atoms with Crippen LogP contribution in [0.15, 0.2) is 24.3 Å². The predicted molar refractivity (Wildman–Crippen MR) is 106 cm³/mol. The van der Waals surface area contributed by atoms with E-state index in [9.17, 15) is 9.59 Å². The molecule has 2 bridgehead atoms. The molecule has 2 aromatic rings. The molecule has 1 heterocycles. The average molecular weight is 391 g/mol. The van der Waals surface area contributed by atoms with Gasteiger partial charge in [0, 0.05) is 16.1 Å². The van der Waals surface area contributed by atoms with Gasteiger partial charge in [-0.2, -0.15) is 0 Å². The van der Waals surface area contributed by atoms with Crippen molar-refractivity contribution >= 4 is 44.8 Å². The zero-order chi connectivity index (χ0) is 18.3. The standard InChI is InChI=1S/C20H23ClN2O2S/c1-11(15-9-12-6-7-13(15)8-12)23-17(24)10-22-20(25)19-18(21)14-4-2-3-5-16(14)26-19/h2-5,11-13,15H,6-10H2,1H3,(H,22,25)(H,23,24)/t11-,12+,13+,15+/m1/s1. The van der Waals surface area contributed by atoms with Gasteiger partial charge in [0.2, 0.25) is 5.91 Å². The molecule has 2 fully saturated rings. The lowest BCUT2D eigenvalue weighted by molar-refractivity contribution is -0.121. The van der Waals surface area contributed by atoms with Crippen LogP contribution in [-0.2, 0) is 4.79 Å². The second kappa shape index (κ2) is 7.20. The molecular formula is C20H23ClN2O2S. The first-order valence-corrected chi connectivity index (χ1v) is 10.5. The largest absolute Gasteiger partial charge is 0.352 e. The van der Waals surface area contributed by atoms with Crippen LogP contribution in [0.25, 0.3) is 10.1 Å². The van der Waals surface area contributed by atoms with Crippen molar-refractivity contribution in [3.8, 4) is 0 Å². The first-order valence-electron chi connectivity index (χ1n) is 9.27. The maximum Gasteiger partial charge on any atom is 0.263 e. The van der Waals surface area contributed by atoms with Gasteiger partial charge in [-0.3, -0.25) is 9.59 Å². The number of halogens is 1. The third-order valence-electron chi connectivity index (χ3n) is 5.97. The minimum absolute atomic E-state index is 0.0193. The number of benzene rings is 1. The third-order valence-corrected chi connectivity index (χ3v) is 7.65. The number of carbonyl (C=O) groups excluding carboxylic acids is 2. The summed E-state index contributed by atoms with van der Waals surface area (Å²) >= 11 is 7.67. The minimum atomic E-state index is -0.293. The maximum atomic E-state index is 12.4. The normalized spacial score (nSPS) is 25.4. The van der Waals surface area contributed by atoms with E-state index in [0.717, 1.165) is 21.9 Å². The van der Waals surface area contributed by atoms with Crippen LogP contribution in [0.3, 0.4) is 0 Å². The molecule has 0 spiro atoms. The number of amides is 2. The van der Waals surface area contributed by atoms with Crippen molar-refractivity contribution in [3.05, 3.63) is 34.2 Å². The maximum absolute atomic E-state index is 12.4. The Balaban J connectivity index is 1.32. The summed E-state index contributed by atoms with van der Waals surface area (Å²) in [6.07, 6.45) is 5.21. The van der Waals surface area contributed by atoms with Gasteiger partial charge in [0.15, 0.2) is 0 Å². The fourth-order valence-corrected chi connectivity index (χ4v) is 6.15. The van der Waals surface area contributed by atoms with E-state index in [0.29, 0.717) is 15.8 Å². The Hall–Kier alpha value is -1.59. The fraction of sp³-hybridized carbons (Fsp3) is 0.500. The molecule has 26 heavy (non-hydrogen) atoms. The monoisotopic (exact) mass is 390 g/mol. The van der Waals surface area contributed by atoms with E-state index in [1.807, 2.05) is 24.3 Å². The summed E-state index contributed by atoms with van der Waals surface area (Å²) in [5.74, 6) is 1.79. The molecule has 2 amide bonds. The molecule has 2 saturated carbocycles. The highest BCUT2D eigenvalue weighted by molar-refractivity contribution is 7.21. The van der Waals surface area contributed by atoms with Crippen LogP contribution in [0, 0.1) is 17.8 Å². The van der Waals surface area contributed by atoms with Crippen LogP contribution in [0.4, 0.5) is 0 Å². The van der Waals surface area contributed by atoms with Crippen molar-refractivity contribution in [2.45, 2.75) is 38.6 Å². The summed E-state index contributed by atoms with van der Waals surface area (Å²) in [5, 5.41) is 7.11. The van der Waals surface area contributed by atoms with Crippen molar-refractivity contribution in [3.63, 3.8) is 0 Å². The Bertz CT molecular complexity index is 849. The van der Waals surface area contributed by atoms with Crippen LogP contribution < -0.4 is 10.6 Å². The van der Waals surface area contributed by atoms with Gasteiger partial charge >= 0.3 is 0 Å². The van der Waals surface area contributed by atoms with E-state index in [1.165, 1.54) is 37.0 Å². The number of thiophene rings is 1. The van der Waals surface area contributed by atoms with E-state index >= 15 is 0 Å². The van der Waals surface area contributed by atoms with Crippen LogP contribution in [0.5, 0.6) is 0 Å². The minimum Gasteiger partial charge on any atom is -0.352 e. The highest BCUT2D eigenvalue weighted by atomic mass is 35.5. The first kappa shape index (κ1) is 17.8. The molecule has 1 aromatic carbocycles. The van der Waals surface area contributed by atoms with Crippen LogP contribution >= 0.6 is 22.9 Å². The number of hydrogen-bond acceptors (Lipinski definition) is 3. The van der Waals surface area contributed by atoms with Crippen molar-refractivity contribution < 1.29 is 9.59 Å². The number of hydrogen-bond donors (Lipinski definition) is 2. The highest BCUT2D eigenvalue weighted by Gasteiger charge is 2.42. The molecule has 2 N–H and O–H groups in total. The molecule has 4 atom stereocenters. The Kier molecular flexibility index (Phi) is 4.93. The molecule has 0 aliphatic heterocycles. The predicted octanol–water partition coefficient (Wildman–Crippen LogP) is 4.23. The van der Waals surface area contributed by atoms with Crippen molar-refractivity contribution in [2.75, 3.05) is 6.54 Å². The fourth-order valence-electron chi connectivity index (χ4n) is 4.72. The van der Waals surface area contributed by atoms with Gasteiger partial charge in [-0.25, -0.2) is 0 Å². The van der Waals surface area contributed by atoms with Gasteiger partial charge in [0.1, 0.15) is 4.88 Å². The van der Waals surface area contributed by atoms with Gasteiger partial charge < -0.3 is 10.6 Å². The van der Waals surface area contributed by atoms with E-state index in [4.69, 9.17) is 11.6 Å². The van der Waals surface area contributed by atoms with Gasteiger partial charge in [-0.05, 0) is 50.0 Å². The van der Waals surface area contributed by atoms with E-state index in [1.54, 1.807) is 0 Å². The quantitative estimate of drug-likeness (QED) is 0.802. The Labute approximate surface area is 162 Å². The van der Waals surface area contributed by atoms with Crippen molar-refractivity contribution in [2.24, 2.45) is 17.8 Å². The zero-order valence-electron chi connectivity index (χ0n) is 14.8. The van der Waals surface area contributed by atoms with Gasteiger partial charge in [0.05, 0.1) is 11.6 Å². The zero-order valence-corrected chi connectivity index (χ0v) is 16.3. The Morgan fingerprint density at radius 1 is 1.27 bits per heavy atom. The van der Waals surface area contributed by atoms with Crippen molar-refractivity contribution in [1.29, 1.82) is 0 Å². The van der Waals surface area contributed by atoms with Gasteiger partial charge in [-0.15, -0.1) is 11.3 Å². The van der Waals surface area contributed by atoms with E-state index in [-0.39, 0.29) is 24.4 Å². The lowest BCUT2D eigenvalue weighted by Crippen LogP contribution is -2.44. The lowest BCUT2D eigenvalue weighted by atomic mass is 9.84. The van der Waals surface area contributed by atoms with E-state index in [2.05, 4.69) is 17.6 Å². The summed E-state index contributed by atoms with van der Waals surface area (Å²) in [5.41, 5.74) is 0. The highest BCUT2D eigenvalue weighted by Crippen LogP contribution is 2.49. The lowest BCUT2D eigenvalue weighted by Gasteiger charge is -2.28. The van der Waals surface area contributed by atoms with Crippen LogP contribution in [-0.4, -0.2) is 24.4 Å². The summed E-state index contributed by atoms with van der Waals surface area (Å²) in [6, 6.07) is 7.82. The number of fused-ring (bicyclic) bond motifs is 3. The van der Waals surface area contributed by atoms with E-state index < -0.39 is 0 Å².